The highest BCUT2D eigenvalue weighted by Crippen LogP contribution is 2.26. The first-order valence-electron chi connectivity index (χ1n) is 4.96. The van der Waals surface area contributed by atoms with Gasteiger partial charge < -0.3 is 10.4 Å². The van der Waals surface area contributed by atoms with Gasteiger partial charge in [0.15, 0.2) is 0 Å². The van der Waals surface area contributed by atoms with Crippen molar-refractivity contribution in [2.45, 2.75) is 25.9 Å². The Morgan fingerprint density at radius 1 is 1.43 bits per heavy atom. The molecule has 1 aliphatic carbocycles. The van der Waals surface area contributed by atoms with E-state index in [2.05, 4.69) is 15.5 Å². The van der Waals surface area contributed by atoms with Gasteiger partial charge in [0.05, 0.1) is 11.8 Å². The largest absolute Gasteiger partial charge is 0.393 e. The van der Waals surface area contributed by atoms with Gasteiger partial charge in [-0.15, -0.1) is 5.10 Å². The van der Waals surface area contributed by atoms with Crippen LogP contribution in [-0.2, 0) is 0 Å². The number of anilines is 1. The first kappa shape index (κ1) is 9.40. The summed E-state index contributed by atoms with van der Waals surface area (Å²) in [6.07, 6.45) is 1.74. The predicted molar refractivity (Wildman–Crippen MR) is 54.0 cm³/mol. The highest BCUT2D eigenvalue weighted by Gasteiger charge is 2.26. The lowest BCUT2D eigenvalue weighted by atomic mass is 9.82. The van der Waals surface area contributed by atoms with E-state index in [1.54, 1.807) is 0 Å². The van der Waals surface area contributed by atoms with Gasteiger partial charge in [-0.2, -0.15) is 5.10 Å². The van der Waals surface area contributed by atoms with Crippen molar-refractivity contribution >= 4 is 5.82 Å². The Kier molecular flexibility index (Phi) is 2.63. The Bertz CT molecular complexity index is 293. The summed E-state index contributed by atoms with van der Waals surface area (Å²) in [6, 6.07) is 3.86. The number of aryl methyl sites for hydroxylation is 1. The topological polar surface area (TPSA) is 58.0 Å². The zero-order chi connectivity index (χ0) is 9.97. The Labute approximate surface area is 83.4 Å². The Morgan fingerprint density at radius 2 is 2.21 bits per heavy atom. The number of hydrogen-bond acceptors (Lipinski definition) is 4. The molecule has 0 amide bonds. The minimum absolute atomic E-state index is 0.0779. The molecule has 0 spiro atoms. The van der Waals surface area contributed by atoms with E-state index in [0.29, 0.717) is 5.92 Å². The fourth-order valence-electron chi connectivity index (χ4n) is 1.61. The van der Waals surface area contributed by atoms with Crippen molar-refractivity contribution in [2.24, 2.45) is 5.92 Å². The molecule has 14 heavy (non-hydrogen) atoms. The highest BCUT2D eigenvalue weighted by molar-refractivity contribution is 5.32. The highest BCUT2D eigenvalue weighted by atomic mass is 16.3. The number of aliphatic hydroxyl groups excluding tert-OH is 1. The van der Waals surface area contributed by atoms with Gasteiger partial charge in [0.25, 0.3) is 0 Å². The Morgan fingerprint density at radius 3 is 2.79 bits per heavy atom. The minimum atomic E-state index is -0.0779. The molecule has 0 aromatic carbocycles. The van der Waals surface area contributed by atoms with Crippen LogP contribution in [0, 0.1) is 12.8 Å². The molecule has 2 rings (SSSR count). The van der Waals surface area contributed by atoms with Crippen molar-refractivity contribution in [3.8, 4) is 0 Å². The van der Waals surface area contributed by atoms with Gasteiger partial charge in [0.1, 0.15) is 5.82 Å². The molecule has 0 aliphatic heterocycles. The first-order valence-corrected chi connectivity index (χ1v) is 4.96. The van der Waals surface area contributed by atoms with Crippen LogP contribution < -0.4 is 5.32 Å². The molecular formula is C10H15N3O. The number of hydrogen-bond donors (Lipinski definition) is 2. The summed E-state index contributed by atoms with van der Waals surface area (Å²) in [4.78, 5) is 0. The summed E-state index contributed by atoms with van der Waals surface area (Å²) in [7, 11) is 0. The molecule has 1 aromatic rings. The van der Waals surface area contributed by atoms with Gasteiger partial charge in [0, 0.05) is 6.54 Å². The summed E-state index contributed by atoms with van der Waals surface area (Å²) in [5, 5.41) is 20.3. The summed E-state index contributed by atoms with van der Waals surface area (Å²) in [5.74, 6) is 1.41. The van der Waals surface area contributed by atoms with E-state index in [9.17, 15) is 0 Å². The third kappa shape index (κ3) is 2.20. The summed E-state index contributed by atoms with van der Waals surface area (Å²) >= 11 is 0. The number of nitrogens with zero attached hydrogens (tertiary/aromatic N) is 2. The summed E-state index contributed by atoms with van der Waals surface area (Å²) in [6.45, 7) is 2.80. The molecule has 2 N–H and O–H groups in total. The fourth-order valence-corrected chi connectivity index (χ4v) is 1.61. The minimum Gasteiger partial charge on any atom is -0.393 e. The molecule has 1 aromatic heterocycles. The van der Waals surface area contributed by atoms with Crippen molar-refractivity contribution in [1.29, 1.82) is 0 Å². The second-order valence-corrected chi connectivity index (χ2v) is 3.93. The van der Waals surface area contributed by atoms with E-state index in [1.807, 2.05) is 19.1 Å². The van der Waals surface area contributed by atoms with Crippen molar-refractivity contribution in [2.75, 3.05) is 11.9 Å². The lowest BCUT2D eigenvalue weighted by Crippen LogP contribution is -2.33. The summed E-state index contributed by atoms with van der Waals surface area (Å²) < 4.78 is 0. The first-order chi connectivity index (χ1) is 6.74. The maximum atomic E-state index is 9.10. The van der Waals surface area contributed by atoms with Crippen LogP contribution in [0.3, 0.4) is 0 Å². The molecule has 0 radical (unpaired) electrons. The molecule has 0 saturated heterocycles. The quantitative estimate of drug-likeness (QED) is 0.751. The molecule has 76 valence electrons. The number of aliphatic hydroxyl groups is 1. The number of rotatable bonds is 3. The van der Waals surface area contributed by atoms with Crippen LogP contribution in [-0.4, -0.2) is 28.0 Å². The van der Waals surface area contributed by atoms with Crippen LogP contribution >= 0.6 is 0 Å². The van der Waals surface area contributed by atoms with Gasteiger partial charge in [0.2, 0.25) is 0 Å². The van der Waals surface area contributed by atoms with Crippen LogP contribution in [0.1, 0.15) is 18.5 Å². The molecule has 1 fully saturated rings. The molecular weight excluding hydrogens is 178 g/mol. The smallest absolute Gasteiger partial charge is 0.148 e. The monoisotopic (exact) mass is 193 g/mol. The number of aromatic nitrogens is 2. The second-order valence-electron chi connectivity index (χ2n) is 3.93. The van der Waals surface area contributed by atoms with Gasteiger partial charge in [-0.05, 0) is 37.8 Å². The lowest BCUT2D eigenvalue weighted by Gasteiger charge is -2.31. The maximum Gasteiger partial charge on any atom is 0.148 e. The van der Waals surface area contributed by atoms with Crippen molar-refractivity contribution < 1.29 is 5.11 Å². The van der Waals surface area contributed by atoms with E-state index in [1.165, 1.54) is 0 Å². The maximum absolute atomic E-state index is 9.10. The molecule has 1 heterocycles. The van der Waals surface area contributed by atoms with Gasteiger partial charge >= 0.3 is 0 Å². The SMILES string of the molecule is Cc1ccc(NCC2CC(O)C2)nn1. The lowest BCUT2D eigenvalue weighted by molar-refractivity contribution is 0.0486. The third-order valence-electron chi connectivity index (χ3n) is 2.58. The van der Waals surface area contributed by atoms with E-state index >= 15 is 0 Å². The molecule has 4 heteroatoms. The average Bonchev–Trinajstić information content (AvgIpc) is 2.13. The van der Waals surface area contributed by atoms with Crippen LogP contribution in [0.2, 0.25) is 0 Å². The molecule has 4 nitrogen and oxygen atoms in total. The van der Waals surface area contributed by atoms with Gasteiger partial charge in [-0.25, -0.2) is 0 Å². The number of nitrogens with one attached hydrogen (secondary N) is 1. The molecule has 1 aliphatic rings. The van der Waals surface area contributed by atoms with E-state index in [4.69, 9.17) is 5.11 Å². The van der Waals surface area contributed by atoms with Crippen LogP contribution in [0.25, 0.3) is 0 Å². The standard InChI is InChI=1S/C10H15N3O/c1-7-2-3-10(13-12-7)11-6-8-4-9(14)5-8/h2-3,8-9,14H,4-6H2,1H3,(H,11,13). The molecule has 0 atom stereocenters. The van der Waals surface area contributed by atoms with Crippen LogP contribution in [0.4, 0.5) is 5.82 Å². The predicted octanol–water partition coefficient (Wildman–Crippen LogP) is 0.968. The zero-order valence-electron chi connectivity index (χ0n) is 8.27. The van der Waals surface area contributed by atoms with Crippen molar-refractivity contribution in [1.82, 2.24) is 10.2 Å². The van der Waals surface area contributed by atoms with E-state index < -0.39 is 0 Å². The van der Waals surface area contributed by atoms with Crippen molar-refractivity contribution in [3.05, 3.63) is 17.8 Å². The normalized spacial score (nSPS) is 25.6. The second kappa shape index (κ2) is 3.92. The average molecular weight is 193 g/mol. The molecule has 0 unspecified atom stereocenters. The summed E-state index contributed by atoms with van der Waals surface area (Å²) in [5.41, 5.74) is 0.926. The van der Waals surface area contributed by atoms with E-state index in [-0.39, 0.29) is 6.10 Å². The Hall–Kier alpha value is -1.16. The third-order valence-corrected chi connectivity index (χ3v) is 2.58. The van der Waals surface area contributed by atoms with Gasteiger partial charge in [-0.1, -0.05) is 0 Å². The fraction of sp³-hybridized carbons (Fsp3) is 0.600. The van der Waals surface area contributed by atoms with Crippen LogP contribution in [0.15, 0.2) is 12.1 Å². The molecule has 1 saturated carbocycles. The molecule has 0 bridgehead atoms. The Balaban J connectivity index is 1.78. The van der Waals surface area contributed by atoms with Crippen LogP contribution in [0.5, 0.6) is 0 Å². The van der Waals surface area contributed by atoms with E-state index in [0.717, 1.165) is 30.9 Å². The zero-order valence-corrected chi connectivity index (χ0v) is 8.27. The van der Waals surface area contributed by atoms with Gasteiger partial charge in [-0.3, -0.25) is 0 Å². The van der Waals surface area contributed by atoms with Crippen molar-refractivity contribution in [3.63, 3.8) is 0 Å².